The van der Waals surface area contributed by atoms with Gasteiger partial charge in [0.25, 0.3) is 5.91 Å². The zero-order valence-electron chi connectivity index (χ0n) is 17.9. The first-order valence-electron chi connectivity index (χ1n) is 10.7. The van der Waals surface area contributed by atoms with Gasteiger partial charge in [0.2, 0.25) is 0 Å². The van der Waals surface area contributed by atoms with E-state index in [9.17, 15) is 4.79 Å². The van der Waals surface area contributed by atoms with E-state index >= 15 is 0 Å². The third-order valence-corrected chi connectivity index (χ3v) is 5.77. The summed E-state index contributed by atoms with van der Waals surface area (Å²) in [5.74, 6) is 1.10. The molecule has 1 aliphatic heterocycles. The number of hydrogen-bond donors (Lipinski definition) is 1. The number of rotatable bonds is 8. The largest absolute Gasteiger partial charge is 0.484 e. The monoisotopic (exact) mass is 395 g/mol. The molecule has 1 atom stereocenters. The molecule has 3 rings (SSSR count). The van der Waals surface area contributed by atoms with Gasteiger partial charge in [-0.05, 0) is 60.8 Å². The topological polar surface area (TPSA) is 44.8 Å². The van der Waals surface area contributed by atoms with E-state index in [1.165, 1.54) is 11.3 Å². The number of carbonyl (C=O) groups is 1. The lowest BCUT2D eigenvalue weighted by Crippen LogP contribution is -2.46. The minimum absolute atomic E-state index is 0.00338. The second-order valence-electron chi connectivity index (χ2n) is 7.68. The number of likely N-dealkylation sites (N-methyl/N-ethyl adjacent to an activating group) is 1. The second-order valence-corrected chi connectivity index (χ2v) is 7.68. The van der Waals surface area contributed by atoms with Gasteiger partial charge in [-0.2, -0.15) is 0 Å². The van der Waals surface area contributed by atoms with Crippen LogP contribution in [0.5, 0.6) is 5.75 Å². The van der Waals surface area contributed by atoms with Crippen LogP contribution in [-0.4, -0.2) is 50.1 Å². The first-order valence-corrected chi connectivity index (χ1v) is 10.7. The van der Waals surface area contributed by atoms with Crippen molar-refractivity contribution in [1.29, 1.82) is 0 Å². The summed E-state index contributed by atoms with van der Waals surface area (Å²) in [4.78, 5) is 17.1. The first-order chi connectivity index (χ1) is 14.1. The van der Waals surface area contributed by atoms with E-state index in [0.29, 0.717) is 11.7 Å². The molecule has 5 heteroatoms. The summed E-state index contributed by atoms with van der Waals surface area (Å²) in [6.07, 6.45) is 1.11. The highest BCUT2D eigenvalue weighted by atomic mass is 16.5. The van der Waals surface area contributed by atoms with Crippen LogP contribution in [0.2, 0.25) is 0 Å². The third-order valence-electron chi connectivity index (χ3n) is 5.77. The Kier molecular flexibility index (Phi) is 7.53. The van der Waals surface area contributed by atoms with Crippen molar-refractivity contribution in [2.24, 2.45) is 0 Å². The number of amides is 1. The Morgan fingerprint density at radius 1 is 1.00 bits per heavy atom. The van der Waals surface area contributed by atoms with E-state index in [4.69, 9.17) is 4.74 Å². The van der Waals surface area contributed by atoms with Crippen LogP contribution in [0.25, 0.3) is 0 Å². The SMILES string of the molecule is CCC(C)c1ccc(OCC(=O)Nc2ccc(N3CCN(CC)CC3)cc2)cc1. The predicted octanol–water partition coefficient (Wildman–Crippen LogP) is 4.36. The van der Waals surface area contributed by atoms with Crippen molar-refractivity contribution < 1.29 is 9.53 Å². The molecule has 0 spiro atoms. The van der Waals surface area contributed by atoms with E-state index < -0.39 is 0 Å². The van der Waals surface area contributed by atoms with Crippen molar-refractivity contribution in [3.05, 3.63) is 54.1 Å². The molecule has 0 radical (unpaired) electrons. The summed E-state index contributed by atoms with van der Waals surface area (Å²) in [6, 6.07) is 16.1. The number of carbonyl (C=O) groups excluding carboxylic acids is 1. The van der Waals surface area contributed by atoms with Crippen LogP contribution in [0.3, 0.4) is 0 Å². The van der Waals surface area contributed by atoms with Gasteiger partial charge < -0.3 is 19.9 Å². The van der Waals surface area contributed by atoms with Crippen LogP contribution < -0.4 is 15.0 Å². The van der Waals surface area contributed by atoms with Crippen molar-refractivity contribution in [3.8, 4) is 5.75 Å². The zero-order chi connectivity index (χ0) is 20.6. The van der Waals surface area contributed by atoms with Crippen LogP contribution in [-0.2, 0) is 4.79 Å². The number of ether oxygens (including phenoxy) is 1. The summed E-state index contributed by atoms with van der Waals surface area (Å²) in [5.41, 5.74) is 3.29. The van der Waals surface area contributed by atoms with Gasteiger partial charge in [0.15, 0.2) is 6.61 Å². The van der Waals surface area contributed by atoms with Gasteiger partial charge >= 0.3 is 0 Å². The lowest BCUT2D eigenvalue weighted by atomic mass is 9.99. The van der Waals surface area contributed by atoms with Gasteiger partial charge in [0.1, 0.15) is 5.75 Å². The molecule has 1 unspecified atom stereocenters. The van der Waals surface area contributed by atoms with E-state index in [1.54, 1.807) is 0 Å². The van der Waals surface area contributed by atoms with Gasteiger partial charge in [-0.1, -0.05) is 32.9 Å². The summed E-state index contributed by atoms with van der Waals surface area (Å²) < 4.78 is 5.62. The molecule has 29 heavy (non-hydrogen) atoms. The van der Waals surface area contributed by atoms with Gasteiger partial charge in [0, 0.05) is 37.6 Å². The molecule has 156 valence electrons. The smallest absolute Gasteiger partial charge is 0.262 e. The summed E-state index contributed by atoms with van der Waals surface area (Å²) in [6.45, 7) is 12.0. The van der Waals surface area contributed by atoms with Gasteiger partial charge in [-0.25, -0.2) is 0 Å². The molecule has 5 nitrogen and oxygen atoms in total. The zero-order valence-corrected chi connectivity index (χ0v) is 17.9. The minimum atomic E-state index is -0.152. The molecule has 2 aromatic carbocycles. The minimum Gasteiger partial charge on any atom is -0.484 e. The molecule has 0 bridgehead atoms. The highest BCUT2D eigenvalue weighted by molar-refractivity contribution is 5.92. The molecule has 1 amide bonds. The molecule has 0 saturated carbocycles. The number of nitrogens with one attached hydrogen (secondary N) is 1. The Labute approximate surface area is 174 Å². The molecular weight excluding hydrogens is 362 g/mol. The Balaban J connectivity index is 1.46. The number of nitrogens with zero attached hydrogens (tertiary/aromatic N) is 2. The van der Waals surface area contributed by atoms with E-state index in [1.807, 2.05) is 24.3 Å². The summed E-state index contributed by atoms with van der Waals surface area (Å²) >= 11 is 0. The lowest BCUT2D eigenvalue weighted by Gasteiger charge is -2.35. The number of anilines is 2. The van der Waals surface area contributed by atoms with Gasteiger partial charge in [-0.15, -0.1) is 0 Å². The predicted molar refractivity (Wildman–Crippen MR) is 120 cm³/mol. The normalized spacial score (nSPS) is 15.8. The third kappa shape index (κ3) is 5.97. The fourth-order valence-corrected chi connectivity index (χ4v) is 3.55. The maximum atomic E-state index is 12.2. The van der Waals surface area contributed by atoms with Crippen molar-refractivity contribution in [3.63, 3.8) is 0 Å². The lowest BCUT2D eigenvalue weighted by molar-refractivity contribution is -0.118. The number of benzene rings is 2. The van der Waals surface area contributed by atoms with Crippen LogP contribution >= 0.6 is 0 Å². The maximum Gasteiger partial charge on any atom is 0.262 e. The standard InChI is InChI=1S/C24H33N3O2/c1-4-19(3)20-6-12-23(13-7-20)29-18-24(28)25-21-8-10-22(11-9-21)27-16-14-26(5-2)15-17-27/h6-13,19H,4-5,14-18H2,1-3H3,(H,25,28). The number of hydrogen-bond acceptors (Lipinski definition) is 4. The van der Waals surface area contributed by atoms with Crippen LogP contribution in [0.4, 0.5) is 11.4 Å². The fourth-order valence-electron chi connectivity index (χ4n) is 3.55. The first kappa shape index (κ1) is 21.2. The highest BCUT2D eigenvalue weighted by Crippen LogP contribution is 2.22. The highest BCUT2D eigenvalue weighted by Gasteiger charge is 2.15. The molecule has 1 saturated heterocycles. The molecule has 1 fully saturated rings. The van der Waals surface area contributed by atoms with E-state index in [0.717, 1.165) is 44.8 Å². The summed E-state index contributed by atoms with van der Waals surface area (Å²) in [7, 11) is 0. The van der Waals surface area contributed by atoms with Crippen LogP contribution in [0.15, 0.2) is 48.5 Å². The molecule has 2 aromatic rings. The van der Waals surface area contributed by atoms with Gasteiger partial charge in [-0.3, -0.25) is 4.79 Å². The fraction of sp³-hybridized carbons (Fsp3) is 0.458. The van der Waals surface area contributed by atoms with Crippen molar-refractivity contribution in [2.45, 2.75) is 33.1 Å². The molecule has 0 aromatic heterocycles. The van der Waals surface area contributed by atoms with Crippen LogP contribution in [0, 0.1) is 0 Å². The Hall–Kier alpha value is -2.53. The van der Waals surface area contributed by atoms with Gasteiger partial charge in [0.05, 0.1) is 0 Å². The second kappa shape index (κ2) is 10.3. The number of piperazine rings is 1. The summed E-state index contributed by atoms with van der Waals surface area (Å²) in [5, 5.41) is 2.91. The molecular formula is C24H33N3O2. The van der Waals surface area contributed by atoms with Crippen molar-refractivity contribution in [1.82, 2.24) is 4.90 Å². The Morgan fingerprint density at radius 2 is 1.66 bits per heavy atom. The molecule has 1 N–H and O–H groups in total. The Bertz CT molecular complexity index is 766. The molecule has 0 aliphatic carbocycles. The Morgan fingerprint density at radius 3 is 2.24 bits per heavy atom. The molecule has 1 heterocycles. The van der Waals surface area contributed by atoms with Crippen LogP contribution in [0.1, 0.15) is 38.7 Å². The maximum absolute atomic E-state index is 12.2. The quantitative estimate of drug-likeness (QED) is 0.721. The average Bonchev–Trinajstić information content (AvgIpc) is 2.78. The van der Waals surface area contributed by atoms with E-state index in [-0.39, 0.29) is 12.5 Å². The van der Waals surface area contributed by atoms with Crippen molar-refractivity contribution in [2.75, 3.05) is 49.5 Å². The average molecular weight is 396 g/mol. The van der Waals surface area contributed by atoms with E-state index in [2.05, 4.69) is 60.2 Å². The molecule has 1 aliphatic rings. The van der Waals surface area contributed by atoms with Crippen molar-refractivity contribution >= 4 is 17.3 Å².